The van der Waals surface area contributed by atoms with Crippen LogP contribution >= 0.6 is 0 Å². The topological polar surface area (TPSA) is 20.3 Å². The van der Waals surface area contributed by atoms with Crippen molar-refractivity contribution in [3.05, 3.63) is 48.5 Å². The second-order valence-electron chi connectivity index (χ2n) is 2.71. The van der Waals surface area contributed by atoms with E-state index in [1.54, 1.807) is 0 Å². The van der Waals surface area contributed by atoms with Crippen molar-refractivity contribution in [1.82, 2.24) is 4.90 Å². The van der Waals surface area contributed by atoms with E-state index in [0.29, 0.717) is 6.42 Å². The molecule has 0 aromatic rings. The molecule has 1 aliphatic rings. The lowest BCUT2D eigenvalue weighted by atomic mass is 10.2. The molecule has 1 aliphatic heterocycles. The Morgan fingerprint density at radius 1 is 1.62 bits per heavy atom. The summed E-state index contributed by atoms with van der Waals surface area (Å²) in [4.78, 5) is 12.3. The summed E-state index contributed by atoms with van der Waals surface area (Å²) < 4.78 is 0. The standard InChI is InChI=1S/C11H13NO/c1-3-11(7-9-13)12-8-5-4-6-10(12)2/h3-6,8-9H,2,7H2,1H3/b11-3-. The molecule has 2 heteroatoms. The molecule has 0 saturated heterocycles. The maximum Gasteiger partial charge on any atom is 0.125 e. The predicted molar refractivity (Wildman–Crippen MR) is 53.7 cm³/mol. The monoisotopic (exact) mass is 175 g/mol. The lowest BCUT2D eigenvalue weighted by Gasteiger charge is -2.24. The lowest BCUT2D eigenvalue weighted by Crippen LogP contribution is -2.15. The van der Waals surface area contributed by atoms with Gasteiger partial charge in [0.2, 0.25) is 0 Å². The van der Waals surface area contributed by atoms with Crippen molar-refractivity contribution in [3.63, 3.8) is 0 Å². The van der Waals surface area contributed by atoms with E-state index in [0.717, 1.165) is 17.7 Å². The van der Waals surface area contributed by atoms with Crippen molar-refractivity contribution in [2.24, 2.45) is 0 Å². The van der Waals surface area contributed by atoms with Crippen LogP contribution in [0.3, 0.4) is 0 Å². The van der Waals surface area contributed by atoms with Gasteiger partial charge in [0.05, 0.1) is 0 Å². The average molecular weight is 175 g/mol. The minimum absolute atomic E-state index is 0.424. The molecule has 0 bridgehead atoms. The normalized spacial score (nSPS) is 16.5. The molecule has 2 nitrogen and oxygen atoms in total. The van der Waals surface area contributed by atoms with Gasteiger partial charge in [-0.15, -0.1) is 0 Å². The third kappa shape index (κ3) is 2.18. The van der Waals surface area contributed by atoms with Crippen molar-refractivity contribution in [3.8, 4) is 0 Å². The first-order chi connectivity index (χ1) is 6.29. The highest BCUT2D eigenvalue weighted by Crippen LogP contribution is 2.18. The highest BCUT2D eigenvalue weighted by Gasteiger charge is 2.08. The van der Waals surface area contributed by atoms with E-state index in [2.05, 4.69) is 6.58 Å². The van der Waals surface area contributed by atoms with Crippen LogP contribution in [0.15, 0.2) is 48.5 Å². The zero-order valence-corrected chi connectivity index (χ0v) is 7.73. The van der Waals surface area contributed by atoms with Crippen LogP contribution in [0, 0.1) is 0 Å². The van der Waals surface area contributed by atoms with Gasteiger partial charge in [-0.3, -0.25) is 0 Å². The predicted octanol–water partition coefficient (Wildman–Crippen LogP) is 2.38. The summed E-state index contributed by atoms with van der Waals surface area (Å²) in [5.74, 6) is 0. The van der Waals surface area contributed by atoms with Gasteiger partial charge in [0.25, 0.3) is 0 Å². The highest BCUT2D eigenvalue weighted by molar-refractivity contribution is 5.54. The van der Waals surface area contributed by atoms with Crippen LogP contribution in [0.4, 0.5) is 0 Å². The van der Waals surface area contributed by atoms with E-state index >= 15 is 0 Å². The van der Waals surface area contributed by atoms with Gasteiger partial charge in [0.1, 0.15) is 6.29 Å². The first-order valence-electron chi connectivity index (χ1n) is 4.21. The summed E-state index contributed by atoms with van der Waals surface area (Å²) >= 11 is 0. The Morgan fingerprint density at radius 3 is 2.92 bits per heavy atom. The van der Waals surface area contributed by atoms with Gasteiger partial charge >= 0.3 is 0 Å². The Bertz CT molecular complexity index is 297. The van der Waals surface area contributed by atoms with Crippen molar-refractivity contribution < 1.29 is 4.79 Å². The van der Waals surface area contributed by atoms with Crippen LogP contribution in [0.1, 0.15) is 13.3 Å². The SMILES string of the molecule is C=C1C=CC=CN1/C(=C\C)CC=O. The zero-order chi connectivity index (χ0) is 9.68. The Labute approximate surface area is 78.5 Å². The summed E-state index contributed by atoms with van der Waals surface area (Å²) in [7, 11) is 0. The summed E-state index contributed by atoms with van der Waals surface area (Å²) in [5, 5.41) is 0. The molecule has 0 aliphatic carbocycles. The zero-order valence-electron chi connectivity index (χ0n) is 7.73. The number of hydrogen-bond acceptors (Lipinski definition) is 2. The van der Waals surface area contributed by atoms with Gasteiger partial charge in [0, 0.05) is 24.0 Å². The second kappa shape index (κ2) is 4.45. The second-order valence-corrected chi connectivity index (χ2v) is 2.71. The molecule has 0 aromatic heterocycles. The van der Waals surface area contributed by atoms with E-state index in [9.17, 15) is 4.79 Å². The molecule has 0 radical (unpaired) electrons. The van der Waals surface area contributed by atoms with Crippen molar-refractivity contribution in [2.75, 3.05) is 0 Å². The fourth-order valence-electron chi connectivity index (χ4n) is 1.20. The smallest absolute Gasteiger partial charge is 0.125 e. The van der Waals surface area contributed by atoms with Crippen LogP contribution in [0.5, 0.6) is 0 Å². The van der Waals surface area contributed by atoms with Crippen molar-refractivity contribution in [1.29, 1.82) is 0 Å². The van der Waals surface area contributed by atoms with Crippen LogP contribution < -0.4 is 0 Å². The van der Waals surface area contributed by atoms with Crippen LogP contribution in [-0.4, -0.2) is 11.2 Å². The number of allylic oxidation sites excluding steroid dienone is 5. The molecule has 0 saturated carbocycles. The van der Waals surface area contributed by atoms with E-state index < -0.39 is 0 Å². The van der Waals surface area contributed by atoms with Gasteiger partial charge in [-0.25, -0.2) is 0 Å². The molecule has 0 atom stereocenters. The Balaban J connectivity index is 2.80. The van der Waals surface area contributed by atoms with Gasteiger partial charge in [-0.2, -0.15) is 0 Å². The fraction of sp³-hybridized carbons (Fsp3) is 0.182. The minimum atomic E-state index is 0.424. The first kappa shape index (κ1) is 9.52. The fourth-order valence-corrected chi connectivity index (χ4v) is 1.20. The number of nitrogens with zero attached hydrogens (tertiary/aromatic N) is 1. The van der Waals surface area contributed by atoms with Crippen molar-refractivity contribution >= 4 is 6.29 Å². The summed E-state index contributed by atoms with van der Waals surface area (Å²) in [6, 6.07) is 0. The van der Waals surface area contributed by atoms with Crippen LogP contribution in [-0.2, 0) is 4.79 Å². The van der Waals surface area contributed by atoms with E-state index in [4.69, 9.17) is 0 Å². The van der Waals surface area contributed by atoms with E-state index in [-0.39, 0.29) is 0 Å². The molecule has 13 heavy (non-hydrogen) atoms. The number of carbonyl (C=O) groups is 1. The summed E-state index contributed by atoms with van der Waals surface area (Å²) in [6.45, 7) is 5.79. The number of aldehydes is 1. The Kier molecular flexibility index (Phi) is 3.26. The number of rotatable bonds is 3. The van der Waals surface area contributed by atoms with Gasteiger partial charge in [-0.1, -0.05) is 18.7 Å². The number of carbonyl (C=O) groups excluding carboxylic acids is 1. The maximum absolute atomic E-state index is 10.4. The maximum atomic E-state index is 10.4. The van der Waals surface area contributed by atoms with Gasteiger partial charge < -0.3 is 9.69 Å². The molecule has 68 valence electrons. The molecule has 0 spiro atoms. The van der Waals surface area contributed by atoms with Gasteiger partial charge in [-0.05, 0) is 19.1 Å². The molecule has 1 heterocycles. The minimum Gasteiger partial charge on any atom is -0.321 e. The molecular formula is C11H13NO. The largest absolute Gasteiger partial charge is 0.321 e. The van der Waals surface area contributed by atoms with E-state index in [1.165, 1.54) is 0 Å². The average Bonchev–Trinajstić information content (AvgIpc) is 2.16. The third-order valence-electron chi connectivity index (χ3n) is 1.88. The molecule has 0 unspecified atom stereocenters. The summed E-state index contributed by atoms with van der Waals surface area (Å²) in [5.41, 5.74) is 1.85. The van der Waals surface area contributed by atoms with Crippen molar-refractivity contribution in [2.45, 2.75) is 13.3 Å². The lowest BCUT2D eigenvalue weighted by molar-refractivity contribution is -0.107. The molecule has 0 fully saturated rings. The Morgan fingerprint density at radius 2 is 2.38 bits per heavy atom. The van der Waals surface area contributed by atoms with Crippen LogP contribution in [0.2, 0.25) is 0 Å². The third-order valence-corrected chi connectivity index (χ3v) is 1.88. The molecular weight excluding hydrogens is 162 g/mol. The molecule has 1 rings (SSSR count). The Hall–Kier alpha value is -1.57. The first-order valence-corrected chi connectivity index (χ1v) is 4.21. The number of hydrogen-bond donors (Lipinski definition) is 0. The summed E-state index contributed by atoms with van der Waals surface area (Å²) in [6.07, 6.45) is 10.9. The molecule has 0 amide bonds. The quantitative estimate of drug-likeness (QED) is 0.614. The molecule has 0 N–H and O–H groups in total. The van der Waals surface area contributed by atoms with E-state index in [1.807, 2.05) is 42.3 Å². The molecule has 0 aromatic carbocycles. The van der Waals surface area contributed by atoms with Crippen LogP contribution in [0.25, 0.3) is 0 Å². The highest BCUT2D eigenvalue weighted by atomic mass is 16.1. The van der Waals surface area contributed by atoms with Gasteiger partial charge in [0.15, 0.2) is 0 Å².